The first-order valence-electron chi connectivity index (χ1n) is 6.27. The van der Waals surface area contributed by atoms with Crippen LogP contribution in [0.15, 0.2) is 11.3 Å². The van der Waals surface area contributed by atoms with E-state index in [0.717, 1.165) is 42.7 Å². The molecule has 18 heavy (non-hydrogen) atoms. The summed E-state index contributed by atoms with van der Waals surface area (Å²) in [4.78, 5) is 11.8. The minimum Gasteiger partial charge on any atom is -0.464 e. The maximum Gasteiger partial charge on any atom is 0.328 e. The van der Waals surface area contributed by atoms with Crippen molar-refractivity contribution in [1.29, 1.82) is 5.26 Å². The second-order valence-corrected chi connectivity index (χ2v) is 5.14. The maximum atomic E-state index is 11.8. The molecule has 0 aromatic carbocycles. The highest BCUT2D eigenvalue weighted by atomic mass is 32.2. The van der Waals surface area contributed by atoms with Gasteiger partial charge < -0.3 is 10.1 Å². The second kappa shape index (κ2) is 8.04. The molecule has 1 aliphatic carbocycles. The molecule has 0 spiro atoms. The maximum absolute atomic E-state index is 11.8. The Hall–Kier alpha value is -1.15. The van der Waals surface area contributed by atoms with Crippen molar-refractivity contribution in [1.82, 2.24) is 5.32 Å². The number of hydrogen-bond acceptors (Lipinski definition) is 5. The van der Waals surface area contributed by atoms with E-state index in [9.17, 15) is 4.79 Å². The molecular weight excluding hydrogens is 248 g/mol. The minimum atomic E-state index is -0.325. The number of nitrogens with zero attached hydrogens (tertiary/aromatic N) is 1. The molecule has 1 aliphatic rings. The third kappa shape index (κ3) is 4.26. The van der Waals surface area contributed by atoms with Crippen LogP contribution in [0.1, 0.15) is 32.6 Å². The molecule has 100 valence electrons. The lowest BCUT2D eigenvalue weighted by molar-refractivity contribution is -0.145. The van der Waals surface area contributed by atoms with E-state index in [0.29, 0.717) is 6.61 Å². The molecule has 1 N–H and O–H groups in total. The molecule has 0 unspecified atom stereocenters. The Morgan fingerprint density at radius 3 is 3.00 bits per heavy atom. The van der Waals surface area contributed by atoms with Crippen LogP contribution in [0.5, 0.6) is 0 Å². The molecular formula is C13H20N2O2S. The van der Waals surface area contributed by atoms with Gasteiger partial charge in [-0.15, -0.1) is 0 Å². The predicted molar refractivity (Wildman–Crippen MR) is 73.0 cm³/mol. The lowest BCUT2D eigenvalue weighted by Crippen LogP contribution is -2.38. The van der Waals surface area contributed by atoms with Crippen LogP contribution < -0.4 is 5.32 Å². The second-order valence-electron chi connectivity index (χ2n) is 4.15. The van der Waals surface area contributed by atoms with Gasteiger partial charge in [-0.2, -0.15) is 17.0 Å². The van der Waals surface area contributed by atoms with Crippen LogP contribution in [0.25, 0.3) is 0 Å². The average Bonchev–Trinajstić information content (AvgIpc) is 2.81. The molecule has 0 bridgehead atoms. The Labute approximate surface area is 113 Å². The quantitative estimate of drug-likeness (QED) is 0.717. The number of nitrogens with one attached hydrogen (secondary N) is 1. The van der Waals surface area contributed by atoms with Gasteiger partial charge in [0.1, 0.15) is 6.04 Å². The van der Waals surface area contributed by atoms with Crippen LogP contribution in [0.4, 0.5) is 0 Å². The number of thioether (sulfide) groups is 1. The van der Waals surface area contributed by atoms with Crippen molar-refractivity contribution in [3.63, 3.8) is 0 Å². The van der Waals surface area contributed by atoms with Gasteiger partial charge in [0.2, 0.25) is 0 Å². The third-order valence-corrected chi connectivity index (χ3v) is 3.53. The standard InChI is InChI=1S/C13H20N2O2S/c1-3-17-13(16)12(7-8-18-2)15-11-6-4-5-10(11)9-14/h12,15H,3-8H2,1-2H3/t12-/m0/s1. The first-order chi connectivity index (χ1) is 8.72. The Balaban J connectivity index is 2.66. The average molecular weight is 268 g/mol. The fourth-order valence-electron chi connectivity index (χ4n) is 1.96. The van der Waals surface area contributed by atoms with E-state index in [1.807, 2.05) is 6.26 Å². The number of carbonyl (C=O) groups excluding carboxylic acids is 1. The van der Waals surface area contributed by atoms with Gasteiger partial charge in [-0.3, -0.25) is 0 Å². The van der Waals surface area contributed by atoms with Gasteiger partial charge in [0.05, 0.1) is 12.7 Å². The highest BCUT2D eigenvalue weighted by Crippen LogP contribution is 2.24. The topological polar surface area (TPSA) is 62.1 Å². The number of rotatable bonds is 7. The number of esters is 1. The number of ether oxygens (including phenoxy) is 1. The minimum absolute atomic E-state index is 0.219. The molecule has 4 nitrogen and oxygen atoms in total. The molecule has 0 fully saturated rings. The molecule has 0 radical (unpaired) electrons. The van der Waals surface area contributed by atoms with Crippen molar-refractivity contribution < 1.29 is 9.53 Å². The molecule has 0 heterocycles. The van der Waals surface area contributed by atoms with Crippen molar-refractivity contribution in [2.24, 2.45) is 0 Å². The lowest BCUT2D eigenvalue weighted by atomic mass is 10.2. The molecule has 0 aromatic heterocycles. The van der Waals surface area contributed by atoms with E-state index < -0.39 is 0 Å². The van der Waals surface area contributed by atoms with Gasteiger partial charge in [0, 0.05) is 11.3 Å². The van der Waals surface area contributed by atoms with Crippen LogP contribution in [-0.2, 0) is 9.53 Å². The fourth-order valence-corrected chi connectivity index (χ4v) is 2.44. The summed E-state index contributed by atoms with van der Waals surface area (Å²) in [6.45, 7) is 2.19. The third-order valence-electron chi connectivity index (χ3n) is 2.88. The van der Waals surface area contributed by atoms with Crippen molar-refractivity contribution >= 4 is 17.7 Å². The normalized spacial score (nSPS) is 16.3. The summed E-state index contributed by atoms with van der Waals surface area (Å²) in [6.07, 6.45) is 5.40. The van der Waals surface area contributed by atoms with Crippen molar-refractivity contribution in [2.75, 3.05) is 18.6 Å². The highest BCUT2D eigenvalue weighted by Gasteiger charge is 2.23. The van der Waals surface area contributed by atoms with Crippen LogP contribution in [-0.4, -0.2) is 30.6 Å². The van der Waals surface area contributed by atoms with Gasteiger partial charge >= 0.3 is 5.97 Å². The molecule has 5 heteroatoms. The summed E-state index contributed by atoms with van der Waals surface area (Å²) < 4.78 is 5.06. The largest absolute Gasteiger partial charge is 0.464 e. The molecule has 1 atom stereocenters. The SMILES string of the molecule is CCOC(=O)[C@H](CCSC)NC1=C(C#N)CCC1. The van der Waals surface area contributed by atoms with Gasteiger partial charge in [-0.05, 0) is 44.6 Å². The summed E-state index contributed by atoms with van der Waals surface area (Å²) in [6, 6.07) is 1.88. The zero-order valence-electron chi connectivity index (χ0n) is 11.0. The summed E-state index contributed by atoms with van der Waals surface area (Å²) in [5.74, 6) is 0.675. The van der Waals surface area contributed by atoms with E-state index in [2.05, 4.69) is 11.4 Å². The predicted octanol–water partition coefficient (Wildman–Crippen LogP) is 2.22. The Kier molecular flexibility index (Phi) is 6.66. The number of carbonyl (C=O) groups is 1. The molecule has 0 aromatic rings. The van der Waals surface area contributed by atoms with Gasteiger partial charge in [0.15, 0.2) is 0 Å². The first-order valence-corrected chi connectivity index (χ1v) is 7.66. The van der Waals surface area contributed by atoms with E-state index in [1.165, 1.54) is 0 Å². The highest BCUT2D eigenvalue weighted by molar-refractivity contribution is 7.98. The number of allylic oxidation sites excluding steroid dienone is 2. The van der Waals surface area contributed by atoms with E-state index in [-0.39, 0.29) is 12.0 Å². The first kappa shape index (κ1) is 14.9. The fraction of sp³-hybridized carbons (Fsp3) is 0.692. The smallest absolute Gasteiger partial charge is 0.328 e. The van der Waals surface area contributed by atoms with Gasteiger partial charge in [-0.25, -0.2) is 4.79 Å². The summed E-state index contributed by atoms with van der Waals surface area (Å²) in [5, 5.41) is 12.2. The molecule has 0 saturated heterocycles. The molecule has 0 saturated carbocycles. The number of hydrogen-bond donors (Lipinski definition) is 1. The molecule has 0 aliphatic heterocycles. The van der Waals surface area contributed by atoms with Crippen molar-refractivity contribution in [2.45, 2.75) is 38.6 Å². The Bertz CT molecular complexity index is 360. The zero-order chi connectivity index (χ0) is 13.4. The van der Waals surface area contributed by atoms with Crippen LogP contribution in [0.3, 0.4) is 0 Å². The lowest BCUT2D eigenvalue weighted by Gasteiger charge is -2.19. The van der Waals surface area contributed by atoms with Crippen LogP contribution in [0, 0.1) is 11.3 Å². The van der Waals surface area contributed by atoms with E-state index in [1.54, 1.807) is 18.7 Å². The molecule has 1 rings (SSSR count). The van der Waals surface area contributed by atoms with Crippen LogP contribution in [0.2, 0.25) is 0 Å². The van der Waals surface area contributed by atoms with Crippen molar-refractivity contribution in [3.8, 4) is 6.07 Å². The monoisotopic (exact) mass is 268 g/mol. The summed E-state index contributed by atoms with van der Waals surface area (Å²) in [5.41, 5.74) is 1.71. The van der Waals surface area contributed by atoms with E-state index in [4.69, 9.17) is 10.00 Å². The zero-order valence-corrected chi connectivity index (χ0v) is 11.8. The van der Waals surface area contributed by atoms with Crippen molar-refractivity contribution in [3.05, 3.63) is 11.3 Å². The van der Waals surface area contributed by atoms with E-state index >= 15 is 0 Å². The number of nitriles is 1. The summed E-state index contributed by atoms with van der Waals surface area (Å²) in [7, 11) is 0. The van der Waals surface area contributed by atoms with Gasteiger partial charge in [0.25, 0.3) is 0 Å². The molecule has 0 amide bonds. The van der Waals surface area contributed by atoms with Gasteiger partial charge in [-0.1, -0.05) is 0 Å². The Morgan fingerprint density at radius 1 is 1.61 bits per heavy atom. The summed E-state index contributed by atoms with van der Waals surface area (Å²) >= 11 is 1.70. The Morgan fingerprint density at radius 2 is 2.39 bits per heavy atom. The van der Waals surface area contributed by atoms with Crippen LogP contribution >= 0.6 is 11.8 Å².